The van der Waals surface area contributed by atoms with E-state index in [1.54, 1.807) is 14.2 Å². The Kier molecular flexibility index (Phi) is 5.33. The standard InChI is InChI=1S/C21H27N5O2/c1-4-26-20(17-7-5-6-15-10-14(11-22)8-9-16(15)17)23-24-21(26)25-12-18(27-2)19(13-25)28-3/h8-10,17-19H,4-7,12-13H2,1-3H3/t17?,18-,19+. The largest absolute Gasteiger partial charge is 0.377 e. The van der Waals surface area contributed by atoms with E-state index in [4.69, 9.17) is 9.47 Å². The van der Waals surface area contributed by atoms with E-state index in [0.29, 0.717) is 0 Å². The van der Waals surface area contributed by atoms with Gasteiger partial charge in [-0.2, -0.15) is 5.26 Å². The molecule has 2 heterocycles. The van der Waals surface area contributed by atoms with E-state index in [1.165, 1.54) is 11.1 Å². The summed E-state index contributed by atoms with van der Waals surface area (Å²) in [6.45, 7) is 4.45. The third kappa shape index (κ3) is 3.17. The number of ether oxygens (including phenoxy) is 2. The molecule has 1 unspecified atom stereocenters. The number of anilines is 1. The number of hydrogen-bond acceptors (Lipinski definition) is 6. The van der Waals surface area contributed by atoms with Crippen molar-refractivity contribution in [2.75, 3.05) is 32.2 Å². The summed E-state index contributed by atoms with van der Waals surface area (Å²) >= 11 is 0. The molecule has 3 atom stereocenters. The highest BCUT2D eigenvalue weighted by Crippen LogP contribution is 2.37. The van der Waals surface area contributed by atoms with Crippen LogP contribution in [0.4, 0.5) is 5.95 Å². The molecule has 1 fully saturated rings. The Morgan fingerprint density at radius 2 is 1.93 bits per heavy atom. The fourth-order valence-electron chi connectivity index (χ4n) is 4.61. The van der Waals surface area contributed by atoms with Gasteiger partial charge in [0.25, 0.3) is 0 Å². The van der Waals surface area contributed by atoms with Crippen LogP contribution in [0.15, 0.2) is 18.2 Å². The van der Waals surface area contributed by atoms with E-state index in [-0.39, 0.29) is 18.1 Å². The molecule has 0 saturated carbocycles. The van der Waals surface area contributed by atoms with E-state index in [9.17, 15) is 5.26 Å². The van der Waals surface area contributed by atoms with Crippen molar-refractivity contribution in [2.45, 2.75) is 50.9 Å². The van der Waals surface area contributed by atoms with Gasteiger partial charge < -0.3 is 14.4 Å². The van der Waals surface area contributed by atoms with Gasteiger partial charge in [-0.05, 0) is 49.4 Å². The van der Waals surface area contributed by atoms with E-state index >= 15 is 0 Å². The van der Waals surface area contributed by atoms with Crippen molar-refractivity contribution in [3.63, 3.8) is 0 Å². The molecule has 7 nitrogen and oxygen atoms in total. The average molecular weight is 381 g/mol. The van der Waals surface area contributed by atoms with Crippen LogP contribution < -0.4 is 4.90 Å². The maximum Gasteiger partial charge on any atom is 0.227 e. The van der Waals surface area contributed by atoms with Crippen LogP contribution in [-0.2, 0) is 22.4 Å². The van der Waals surface area contributed by atoms with Crippen LogP contribution in [0.2, 0.25) is 0 Å². The van der Waals surface area contributed by atoms with Crippen molar-refractivity contribution in [1.82, 2.24) is 14.8 Å². The van der Waals surface area contributed by atoms with Crippen LogP contribution in [0.1, 0.15) is 48.2 Å². The van der Waals surface area contributed by atoms with Gasteiger partial charge in [-0.3, -0.25) is 4.57 Å². The van der Waals surface area contributed by atoms with Gasteiger partial charge in [0.05, 0.1) is 11.6 Å². The predicted octanol–water partition coefficient (Wildman–Crippen LogP) is 2.49. The van der Waals surface area contributed by atoms with Crippen LogP contribution in [-0.4, -0.2) is 54.3 Å². The van der Waals surface area contributed by atoms with E-state index in [0.717, 1.165) is 56.2 Å². The SMILES string of the molecule is CCn1c(C2CCCc3cc(C#N)ccc32)nnc1N1C[C@H](OC)[C@H](OC)C1. The highest BCUT2D eigenvalue weighted by Gasteiger charge is 2.36. The third-order valence-electron chi connectivity index (χ3n) is 6.08. The molecule has 1 aliphatic carbocycles. The highest BCUT2D eigenvalue weighted by molar-refractivity contribution is 5.44. The molecular weight excluding hydrogens is 354 g/mol. The number of benzene rings is 1. The lowest BCUT2D eigenvalue weighted by molar-refractivity contribution is -0.00461. The Hall–Kier alpha value is -2.43. The fourth-order valence-corrected chi connectivity index (χ4v) is 4.61. The summed E-state index contributed by atoms with van der Waals surface area (Å²) in [5.41, 5.74) is 3.28. The fraction of sp³-hybridized carbons (Fsp3) is 0.571. The lowest BCUT2D eigenvalue weighted by atomic mass is 9.81. The van der Waals surface area contributed by atoms with E-state index < -0.39 is 0 Å². The first-order valence-electron chi connectivity index (χ1n) is 9.96. The quantitative estimate of drug-likeness (QED) is 0.792. The van der Waals surface area contributed by atoms with Crippen LogP contribution >= 0.6 is 0 Å². The summed E-state index contributed by atoms with van der Waals surface area (Å²) in [4.78, 5) is 2.21. The van der Waals surface area contributed by atoms with Crippen molar-refractivity contribution in [1.29, 1.82) is 5.26 Å². The minimum Gasteiger partial charge on any atom is -0.377 e. The average Bonchev–Trinajstić information content (AvgIpc) is 3.35. The Labute approximate surface area is 165 Å². The monoisotopic (exact) mass is 381 g/mol. The molecule has 1 aromatic carbocycles. The van der Waals surface area contributed by atoms with Gasteiger partial charge in [0, 0.05) is 39.8 Å². The number of hydrogen-bond donors (Lipinski definition) is 0. The summed E-state index contributed by atoms with van der Waals surface area (Å²) in [5, 5.41) is 18.4. The summed E-state index contributed by atoms with van der Waals surface area (Å²) in [5.74, 6) is 2.12. The van der Waals surface area contributed by atoms with Gasteiger partial charge in [-0.1, -0.05) is 6.07 Å². The summed E-state index contributed by atoms with van der Waals surface area (Å²) in [6, 6.07) is 8.30. The highest BCUT2D eigenvalue weighted by atomic mass is 16.5. The lowest BCUT2D eigenvalue weighted by Gasteiger charge is -2.26. The molecule has 0 spiro atoms. The van der Waals surface area contributed by atoms with E-state index in [2.05, 4.69) is 38.7 Å². The first-order valence-corrected chi connectivity index (χ1v) is 9.96. The minimum absolute atomic E-state index is 0.0373. The van der Waals surface area contributed by atoms with Gasteiger partial charge in [0.15, 0.2) is 0 Å². The number of fused-ring (bicyclic) bond motifs is 1. The molecule has 0 bridgehead atoms. The zero-order valence-corrected chi connectivity index (χ0v) is 16.8. The van der Waals surface area contributed by atoms with Crippen LogP contribution in [0.5, 0.6) is 0 Å². The molecule has 1 aromatic heterocycles. The number of rotatable bonds is 5. The molecule has 1 saturated heterocycles. The molecule has 1 aliphatic heterocycles. The molecule has 0 amide bonds. The van der Waals surface area contributed by atoms with Gasteiger partial charge in [-0.15, -0.1) is 10.2 Å². The molecule has 2 aromatic rings. The topological polar surface area (TPSA) is 76.2 Å². The number of nitrogens with zero attached hydrogens (tertiary/aromatic N) is 5. The zero-order chi connectivity index (χ0) is 19.7. The third-order valence-corrected chi connectivity index (χ3v) is 6.08. The van der Waals surface area contributed by atoms with Gasteiger partial charge in [0.2, 0.25) is 5.95 Å². The first-order chi connectivity index (χ1) is 13.7. The number of aromatic nitrogens is 3. The van der Waals surface area contributed by atoms with E-state index in [1.807, 2.05) is 12.1 Å². The maximum absolute atomic E-state index is 9.21. The summed E-state index contributed by atoms with van der Waals surface area (Å²) < 4.78 is 13.4. The van der Waals surface area contributed by atoms with Crippen LogP contribution in [0, 0.1) is 11.3 Å². The molecule has 28 heavy (non-hydrogen) atoms. The molecule has 0 N–H and O–H groups in total. The molecule has 2 aliphatic rings. The summed E-state index contributed by atoms with van der Waals surface area (Å²) in [6.07, 6.45) is 3.24. The zero-order valence-electron chi connectivity index (χ0n) is 16.8. The van der Waals surface area contributed by atoms with Crippen LogP contribution in [0.3, 0.4) is 0 Å². The van der Waals surface area contributed by atoms with Gasteiger partial charge in [-0.25, -0.2) is 0 Å². The van der Waals surface area contributed by atoms with Crippen molar-refractivity contribution >= 4 is 5.95 Å². The Morgan fingerprint density at radius 3 is 2.57 bits per heavy atom. The van der Waals surface area contributed by atoms with Crippen molar-refractivity contribution in [3.05, 3.63) is 40.7 Å². The molecule has 4 rings (SSSR count). The number of aryl methyl sites for hydroxylation is 1. The second-order valence-electron chi connectivity index (χ2n) is 7.53. The van der Waals surface area contributed by atoms with Gasteiger partial charge in [0.1, 0.15) is 18.0 Å². The Balaban J connectivity index is 1.67. The number of nitriles is 1. The first kappa shape index (κ1) is 18.9. The molecule has 148 valence electrons. The second-order valence-corrected chi connectivity index (χ2v) is 7.53. The predicted molar refractivity (Wildman–Crippen MR) is 105 cm³/mol. The van der Waals surface area contributed by atoms with Crippen molar-refractivity contribution in [2.24, 2.45) is 0 Å². The smallest absolute Gasteiger partial charge is 0.227 e. The Morgan fingerprint density at radius 1 is 1.18 bits per heavy atom. The summed E-state index contributed by atoms with van der Waals surface area (Å²) in [7, 11) is 3.45. The molecule has 0 radical (unpaired) electrons. The Bertz CT molecular complexity index is 875. The minimum atomic E-state index is 0.0373. The van der Waals surface area contributed by atoms with Crippen molar-refractivity contribution < 1.29 is 9.47 Å². The van der Waals surface area contributed by atoms with Crippen molar-refractivity contribution in [3.8, 4) is 6.07 Å². The van der Waals surface area contributed by atoms with Crippen LogP contribution in [0.25, 0.3) is 0 Å². The molecular formula is C21H27N5O2. The second kappa shape index (κ2) is 7.90. The lowest BCUT2D eigenvalue weighted by Crippen LogP contribution is -2.27. The van der Waals surface area contributed by atoms with Gasteiger partial charge >= 0.3 is 0 Å². The number of methoxy groups -OCH3 is 2. The molecule has 7 heteroatoms. The normalized spacial score (nSPS) is 24.2. The maximum atomic E-state index is 9.21.